The zero-order valence-electron chi connectivity index (χ0n) is 15.1. The molecule has 0 aliphatic rings. The van der Waals surface area contributed by atoms with E-state index in [0.29, 0.717) is 27.8 Å². The topological polar surface area (TPSA) is 87.9 Å². The van der Waals surface area contributed by atoms with Gasteiger partial charge in [-0.25, -0.2) is 9.97 Å². The van der Waals surface area contributed by atoms with Crippen molar-refractivity contribution in [1.82, 2.24) is 9.97 Å². The molecule has 1 aromatic heterocycles. The van der Waals surface area contributed by atoms with E-state index in [4.69, 9.17) is 21.6 Å². The van der Waals surface area contributed by atoms with Gasteiger partial charge >= 0.3 is 5.97 Å². The highest BCUT2D eigenvalue weighted by Gasteiger charge is 2.21. The Morgan fingerprint density at radius 2 is 1.93 bits per heavy atom. The molecular formula is C21H17ClN4O2. The number of carbonyl (C=O) groups is 1. The minimum atomic E-state index is -0.450. The average Bonchev–Trinajstić information content (AvgIpc) is 2.74. The molecule has 0 spiro atoms. The van der Waals surface area contributed by atoms with Gasteiger partial charge in [-0.05, 0) is 42.0 Å². The Hall–Kier alpha value is -3.43. The van der Waals surface area contributed by atoms with Gasteiger partial charge in [0, 0.05) is 29.4 Å². The van der Waals surface area contributed by atoms with Crippen LogP contribution in [0.15, 0.2) is 60.9 Å². The lowest BCUT2D eigenvalue weighted by atomic mass is 9.97. The molecule has 2 aromatic carbocycles. The number of hydrogen-bond acceptors (Lipinski definition) is 6. The van der Waals surface area contributed by atoms with Gasteiger partial charge in [0.25, 0.3) is 0 Å². The van der Waals surface area contributed by atoms with E-state index in [2.05, 4.69) is 21.4 Å². The molecule has 1 N–H and O–H groups in total. The van der Waals surface area contributed by atoms with Crippen LogP contribution in [0, 0.1) is 11.3 Å². The summed E-state index contributed by atoms with van der Waals surface area (Å²) in [4.78, 5) is 20.3. The van der Waals surface area contributed by atoms with Crippen LogP contribution in [-0.2, 0) is 4.79 Å². The Labute approximate surface area is 167 Å². The molecule has 3 aromatic rings. The molecule has 3 rings (SSSR count). The summed E-state index contributed by atoms with van der Waals surface area (Å²) >= 11 is 6.23. The van der Waals surface area contributed by atoms with Crippen LogP contribution in [0.25, 0.3) is 0 Å². The molecule has 28 heavy (non-hydrogen) atoms. The molecule has 0 fully saturated rings. The number of nitrogens with zero attached hydrogens (tertiary/aromatic N) is 3. The number of benzene rings is 2. The fourth-order valence-corrected chi connectivity index (χ4v) is 2.81. The van der Waals surface area contributed by atoms with Gasteiger partial charge in [0.05, 0.1) is 17.7 Å². The second-order valence-electron chi connectivity index (χ2n) is 5.89. The van der Waals surface area contributed by atoms with Gasteiger partial charge in [0.1, 0.15) is 5.75 Å². The lowest BCUT2D eigenvalue weighted by Crippen LogP contribution is -2.17. The molecule has 6 nitrogen and oxygen atoms in total. The molecule has 0 aliphatic heterocycles. The maximum Gasteiger partial charge on any atom is 0.310 e. The lowest BCUT2D eigenvalue weighted by molar-refractivity contribution is -0.134. The van der Waals surface area contributed by atoms with Crippen molar-refractivity contribution >= 4 is 23.5 Å². The summed E-state index contributed by atoms with van der Waals surface area (Å²) in [6.45, 7) is 1.73. The van der Waals surface area contributed by atoms with Crippen molar-refractivity contribution in [3.63, 3.8) is 0 Å². The highest BCUT2D eigenvalue weighted by molar-refractivity contribution is 6.30. The van der Waals surface area contributed by atoms with E-state index in [1.807, 2.05) is 12.1 Å². The van der Waals surface area contributed by atoms with Crippen LogP contribution < -0.4 is 10.1 Å². The smallest absolute Gasteiger partial charge is 0.310 e. The van der Waals surface area contributed by atoms with E-state index in [9.17, 15) is 4.79 Å². The molecule has 0 aliphatic carbocycles. The molecular weight excluding hydrogens is 376 g/mol. The molecule has 7 heteroatoms. The second-order valence-corrected chi connectivity index (χ2v) is 6.33. The van der Waals surface area contributed by atoms with Crippen molar-refractivity contribution in [1.29, 1.82) is 5.26 Å². The highest BCUT2D eigenvalue weighted by atomic mass is 35.5. The van der Waals surface area contributed by atoms with E-state index < -0.39 is 6.04 Å². The Morgan fingerprint density at radius 1 is 1.21 bits per heavy atom. The number of aromatic nitrogens is 2. The first kappa shape index (κ1) is 19.3. The molecule has 0 radical (unpaired) electrons. The standard InChI is InChI=1S/C21H17ClN4O2/c1-2-19(27)28-18-9-8-16(22)12-17(18)20(26-21-24-10-3-11-25-21)15-6-4-14(13-23)5-7-15/h3-12,20H,2H2,1H3,(H,24,25,26). The van der Waals surface area contributed by atoms with Gasteiger partial charge in [-0.3, -0.25) is 4.79 Å². The first-order valence-electron chi connectivity index (χ1n) is 8.64. The van der Waals surface area contributed by atoms with Crippen LogP contribution >= 0.6 is 11.6 Å². The average molecular weight is 393 g/mol. The number of nitrogens with one attached hydrogen (secondary N) is 1. The van der Waals surface area contributed by atoms with Crippen molar-refractivity contribution in [3.05, 3.63) is 82.6 Å². The summed E-state index contributed by atoms with van der Waals surface area (Å²) in [5.74, 6) is 0.455. The Balaban J connectivity index is 2.09. The largest absolute Gasteiger partial charge is 0.426 e. The van der Waals surface area contributed by atoms with E-state index in [0.717, 1.165) is 5.56 Å². The number of halogens is 1. The molecule has 1 heterocycles. The maximum atomic E-state index is 11.9. The van der Waals surface area contributed by atoms with Gasteiger partial charge in [0.15, 0.2) is 0 Å². The van der Waals surface area contributed by atoms with Crippen LogP contribution in [0.5, 0.6) is 5.75 Å². The third-order valence-electron chi connectivity index (χ3n) is 4.01. The van der Waals surface area contributed by atoms with Crippen LogP contribution in [0.1, 0.15) is 36.1 Å². The zero-order chi connectivity index (χ0) is 19.9. The van der Waals surface area contributed by atoms with E-state index >= 15 is 0 Å². The number of carbonyl (C=O) groups excluding carboxylic acids is 1. The number of ether oxygens (including phenoxy) is 1. The fraction of sp³-hybridized carbons (Fsp3) is 0.143. The molecule has 0 amide bonds. The van der Waals surface area contributed by atoms with Gasteiger partial charge in [-0.15, -0.1) is 0 Å². The maximum absolute atomic E-state index is 11.9. The summed E-state index contributed by atoms with van der Waals surface area (Å²) in [7, 11) is 0. The van der Waals surface area contributed by atoms with Crippen molar-refractivity contribution in [2.24, 2.45) is 0 Å². The van der Waals surface area contributed by atoms with Crippen molar-refractivity contribution in [2.75, 3.05) is 5.32 Å². The van der Waals surface area contributed by atoms with Gasteiger partial charge in [-0.1, -0.05) is 30.7 Å². The summed E-state index contributed by atoms with van der Waals surface area (Å²) in [6, 6.07) is 15.5. The van der Waals surface area contributed by atoms with Crippen molar-refractivity contribution in [3.8, 4) is 11.8 Å². The molecule has 0 saturated heterocycles. The third kappa shape index (κ3) is 4.64. The van der Waals surface area contributed by atoms with Gasteiger partial charge in [0.2, 0.25) is 5.95 Å². The normalized spacial score (nSPS) is 11.3. The highest BCUT2D eigenvalue weighted by Crippen LogP contribution is 2.34. The third-order valence-corrected chi connectivity index (χ3v) is 4.24. The van der Waals surface area contributed by atoms with Crippen LogP contribution in [0.3, 0.4) is 0 Å². The first-order valence-corrected chi connectivity index (χ1v) is 9.02. The number of esters is 1. The molecule has 1 atom stereocenters. The van der Waals surface area contributed by atoms with Crippen molar-refractivity contribution in [2.45, 2.75) is 19.4 Å². The molecule has 0 bridgehead atoms. The number of rotatable bonds is 6. The molecule has 140 valence electrons. The lowest BCUT2D eigenvalue weighted by Gasteiger charge is -2.22. The van der Waals surface area contributed by atoms with E-state index in [1.54, 1.807) is 55.7 Å². The van der Waals surface area contributed by atoms with E-state index in [1.165, 1.54) is 0 Å². The van der Waals surface area contributed by atoms with E-state index in [-0.39, 0.29) is 12.4 Å². The number of hydrogen-bond donors (Lipinski definition) is 1. The monoisotopic (exact) mass is 392 g/mol. The predicted octanol–water partition coefficient (Wildman–Crippen LogP) is 4.52. The summed E-state index contributed by atoms with van der Waals surface area (Å²) in [6.07, 6.45) is 3.50. The van der Waals surface area contributed by atoms with Crippen LogP contribution in [0.2, 0.25) is 5.02 Å². The van der Waals surface area contributed by atoms with Crippen LogP contribution in [0.4, 0.5) is 5.95 Å². The van der Waals surface area contributed by atoms with Gasteiger partial charge in [-0.2, -0.15) is 5.26 Å². The zero-order valence-corrected chi connectivity index (χ0v) is 15.8. The molecule has 1 unspecified atom stereocenters. The number of anilines is 1. The minimum absolute atomic E-state index is 0.249. The summed E-state index contributed by atoms with van der Waals surface area (Å²) < 4.78 is 5.50. The van der Waals surface area contributed by atoms with Crippen LogP contribution in [-0.4, -0.2) is 15.9 Å². The summed E-state index contributed by atoms with van der Waals surface area (Å²) in [5, 5.41) is 12.8. The fourth-order valence-electron chi connectivity index (χ4n) is 2.63. The predicted molar refractivity (Wildman–Crippen MR) is 106 cm³/mol. The molecule has 0 saturated carbocycles. The Morgan fingerprint density at radius 3 is 2.57 bits per heavy atom. The minimum Gasteiger partial charge on any atom is -0.426 e. The first-order chi connectivity index (χ1) is 13.6. The van der Waals surface area contributed by atoms with Crippen molar-refractivity contribution < 1.29 is 9.53 Å². The van der Waals surface area contributed by atoms with Gasteiger partial charge < -0.3 is 10.1 Å². The number of nitriles is 1. The summed E-state index contributed by atoms with van der Waals surface area (Å²) in [5.41, 5.74) is 2.04. The Kier molecular flexibility index (Phi) is 6.20. The quantitative estimate of drug-likeness (QED) is 0.490. The SMILES string of the molecule is CCC(=O)Oc1ccc(Cl)cc1C(Nc1ncccn1)c1ccc(C#N)cc1. The second kappa shape index (κ2) is 8.98. The Bertz CT molecular complexity index is 1000.